The number of hydrogen-bond acceptors (Lipinski definition) is 2. The molecule has 1 N–H and O–H groups in total. The number of halogens is 4. The second-order valence-corrected chi connectivity index (χ2v) is 4.70. The van der Waals surface area contributed by atoms with Gasteiger partial charge in [-0.15, -0.1) is 11.3 Å². The van der Waals surface area contributed by atoms with Crippen molar-refractivity contribution in [1.82, 2.24) is 0 Å². The van der Waals surface area contributed by atoms with Crippen molar-refractivity contribution in [1.29, 1.82) is 0 Å². The van der Waals surface area contributed by atoms with Crippen molar-refractivity contribution in [3.8, 4) is 0 Å². The van der Waals surface area contributed by atoms with Gasteiger partial charge >= 0.3 is 6.18 Å². The third-order valence-corrected chi connectivity index (χ3v) is 3.41. The number of rotatable bonds is 3. The van der Waals surface area contributed by atoms with Gasteiger partial charge in [0.25, 0.3) is 0 Å². The minimum atomic E-state index is -4.20. The summed E-state index contributed by atoms with van der Waals surface area (Å²) in [4.78, 5) is 0.557. The molecule has 0 aromatic carbocycles. The number of aliphatic hydroxyl groups excluding tert-OH is 1. The van der Waals surface area contributed by atoms with Crippen LogP contribution < -0.4 is 0 Å². The van der Waals surface area contributed by atoms with E-state index in [1.54, 1.807) is 11.4 Å². The van der Waals surface area contributed by atoms with E-state index in [2.05, 4.69) is 15.9 Å². The minimum Gasteiger partial charge on any atom is -0.388 e. The fourth-order valence-corrected chi connectivity index (χ4v) is 2.41. The van der Waals surface area contributed by atoms with Crippen LogP contribution in [0.2, 0.25) is 0 Å². The predicted octanol–water partition coefficient (Wildman–Crippen LogP) is 3.89. The van der Waals surface area contributed by atoms with Gasteiger partial charge in [-0.05, 0) is 28.4 Å². The largest absolute Gasteiger partial charge is 0.389 e. The van der Waals surface area contributed by atoms with E-state index >= 15 is 0 Å². The zero-order chi connectivity index (χ0) is 10.8. The highest BCUT2D eigenvalue weighted by Crippen LogP contribution is 2.31. The van der Waals surface area contributed by atoms with Crippen molar-refractivity contribution in [2.75, 3.05) is 0 Å². The molecular formula is C8H8BrF3OS. The van der Waals surface area contributed by atoms with Gasteiger partial charge in [0.15, 0.2) is 0 Å². The van der Waals surface area contributed by atoms with Crippen molar-refractivity contribution in [3.05, 3.63) is 20.8 Å². The Morgan fingerprint density at radius 2 is 2.14 bits per heavy atom. The molecule has 0 radical (unpaired) electrons. The molecule has 0 amide bonds. The average molecular weight is 289 g/mol. The van der Waals surface area contributed by atoms with E-state index in [-0.39, 0.29) is 6.42 Å². The highest BCUT2D eigenvalue weighted by atomic mass is 79.9. The lowest BCUT2D eigenvalue weighted by Gasteiger charge is -2.10. The van der Waals surface area contributed by atoms with Gasteiger partial charge in [0.05, 0.1) is 6.10 Å². The van der Waals surface area contributed by atoms with Crippen LogP contribution in [-0.4, -0.2) is 11.3 Å². The van der Waals surface area contributed by atoms with Gasteiger partial charge in [-0.1, -0.05) is 0 Å². The van der Waals surface area contributed by atoms with Crippen LogP contribution in [0.1, 0.15) is 23.8 Å². The van der Waals surface area contributed by atoms with Gasteiger partial charge in [-0.25, -0.2) is 0 Å². The van der Waals surface area contributed by atoms with E-state index in [0.29, 0.717) is 4.88 Å². The van der Waals surface area contributed by atoms with E-state index in [1.807, 2.05) is 0 Å². The molecule has 0 aliphatic carbocycles. The van der Waals surface area contributed by atoms with Crippen molar-refractivity contribution in [3.63, 3.8) is 0 Å². The zero-order valence-electron chi connectivity index (χ0n) is 7.01. The molecule has 0 fully saturated rings. The number of thiophene rings is 1. The van der Waals surface area contributed by atoms with Crippen LogP contribution in [0.15, 0.2) is 15.9 Å². The summed E-state index contributed by atoms with van der Waals surface area (Å²) in [5.41, 5.74) is 0. The third kappa shape index (κ3) is 3.98. The smallest absolute Gasteiger partial charge is 0.388 e. The quantitative estimate of drug-likeness (QED) is 0.895. The molecule has 0 bridgehead atoms. The Kier molecular flexibility index (Phi) is 3.97. The standard InChI is InChI=1S/C8H8BrF3OS/c9-5-3-7(14-4-5)6(13)1-2-8(10,11)12/h3-4,6,13H,1-2H2. The van der Waals surface area contributed by atoms with Gasteiger partial charge in [0.2, 0.25) is 0 Å². The van der Waals surface area contributed by atoms with Crippen LogP contribution in [0.5, 0.6) is 0 Å². The number of aliphatic hydroxyl groups is 1. The van der Waals surface area contributed by atoms with Gasteiger partial charge < -0.3 is 5.11 Å². The summed E-state index contributed by atoms with van der Waals surface area (Å²) in [5.74, 6) is 0. The Balaban J connectivity index is 2.47. The lowest BCUT2D eigenvalue weighted by molar-refractivity contribution is -0.140. The summed E-state index contributed by atoms with van der Waals surface area (Å²) in [6.07, 6.45) is -6.46. The van der Waals surface area contributed by atoms with E-state index in [0.717, 1.165) is 4.47 Å². The van der Waals surface area contributed by atoms with Crippen molar-refractivity contribution in [2.45, 2.75) is 25.1 Å². The predicted molar refractivity (Wildman–Crippen MR) is 52.3 cm³/mol. The SMILES string of the molecule is OC(CCC(F)(F)F)c1cc(Br)cs1. The summed E-state index contributed by atoms with van der Waals surface area (Å²) >= 11 is 4.41. The monoisotopic (exact) mass is 288 g/mol. The molecule has 0 spiro atoms. The fourth-order valence-electron chi connectivity index (χ4n) is 0.946. The van der Waals surface area contributed by atoms with E-state index in [9.17, 15) is 18.3 Å². The molecule has 0 aliphatic heterocycles. The van der Waals surface area contributed by atoms with Gasteiger partial charge in [-0.2, -0.15) is 13.2 Å². The summed E-state index contributed by atoms with van der Waals surface area (Å²) in [5, 5.41) is 11.1. The van der Waals surface area contributed by atoms with Gasteiger partial charge in [0, 0.05) is 21.2 Å². The normalized spacial score (nSPS) is 14.4. The van der Waals surface area contributed by atoms with Crippen molar-refractivity contribution < 1.29 is 18.3 Å². The zero-order valence-corrected chi connectivity index (χ0v) is 9.42. The Labute approximate surface area is 91.7 Å². The Bertz CT molecular complexity index is 297. The van der Waals surface area contributed by atoms with Crippen LogP contribution in [0.3, 0.4) is 0 Å². The van der Waals surface area contributed by atoms with E-state index in [4.69, 9.17) is 0 Å². The molecule has 0 aliphatic rings. The summed E-state index contributed by atoms with van der Waals surface area (Å²) in [6, 6.07) is 1.63. The minimum absolute atomic E-state index is 0.281. The molecule has 1 rings (SSSR count). The van der Waals surface area contributed by atoms with E-state index in [1.165, 1.54) is 11.3 Å². The summed E-state index contributed by atoms with van der Waals surface area (Å²) in [6.45, 7) is 0. The van der Waals surface area contributed by atoms with Crippen LogP contribution in [0.4, 0.5) is 13.2 Å². The van der Waals surface area contributed by atoms with Crippen LogP contribution in [-0.2, 0) is 0 Å². The highest BCUT2D eigenvalue weighted by Gasteiger charge is 2.28. The average Bonchev–Trinajstić information content (AvgIpc) is 2.46. The van der Waals surface area contributed by atoms with Crippen LogP contribution in [0, 0.1) is 0 Å². The Morgan fingerprint density at radius 3 is 2.57 bits per heavy atom. The third-order valence-electron chi connectivity index (χ3n) is 1.62. The molecule has 1 nitrogen and oxygen atoms in total. The molecular weight excluding hydrogens is 281 g/mol. The Morgan fingerprint density at radius 1 is 1.50 bits per heavy atom. The molecule has 6 heteroatoms. The van der Waals surface area contributed by atoms with Crippen molar-refractivity contribution >= 4 is 27.3 Å². The highest BCUT2D eigenvalue weighted by molar-refractivity contribution is 9.10. The first-order valence-corrected chi connectivity index (χ1v) is 5.54. The van der Waals surface area contributed by atoms with Gasteiger partial charge in [-0.3, -0.25) is 0 Å². The maximum Gasteiger partial charge on any atom is 0.389 e. The molecule has 1 aromatic rings. The molecule has 80 valence electrons. The second-order valence-electron chi connectivity index (χ2n) is 2.84. The molecule has 0 saturated heterocycles. The van der Waals surface area contributed by atoms with Crippen LogP contribution >= 0.6 is 27.3 Å². The lowest BCUT2D eigenvalue weighted by atomic mass is 10.1. The maximum atomic E-state index is 11.8. The molecule has 14 heavy (non-hydrogen) atoms. The topological polar surface area (TPSA) is 20.2 Å². The molecule has 0 saturated carbocycles. The van der Waals surface area contributed by atoms with Gasteiger partial charge in [0.1, 0.15) is 0 Å². The summed E-state index contributed by atoms with van der Waals surface area (Å²) < 4.78 is 36.2. The first kappa shape index (κ1) is 12.0. The van der Waals surface area contributed by atoms with Crippen LogP contribution in [0.25, 0.3) is 0 Å². The molecule has 1 atom stereocenters. The number of hydrogen-bond donors (Lipinski definition) is 1. The Hall–Kier alpha value is -0.0700. The first-order valence-electron chi connectivity index (χ1n) is 3.87. The molecule has 1 heterocycles. The van der Waals surface area contributed by atoms with Crippen molar-refractivity contribution in [2.24, 2.45) is 0 Å². The first-order chi connectivity index (χ1) is 6.38. The second kappa shape index (κ2) is 4.63. The summed E-state index contributed by atoms with van der Waals surface area (Å²) in [7, 11) is 0. The molecule has 1 aromatic heterocycles. The maximum absolute atomic E-state index is 11.8. The fraction of sp³-hybridized carbons (Fsp3) is 0.500. The molecule has 1 unspecified atom stereocenters. The number of alkyl halides is 3. The lowest BCUT2D eigenvalue weighted by Crippen LogP contribution is -2.09. The van der Waals surface area contributed by atoms with E-state index < -0.39 is 18.7 Å².